The maximum atomic E-state index is 13.0. The topological polar surface area (TPSA) is 92.3 Å². The van der Waals surface area contributed by atoms with E-state index >= 15 is 0 Å². The number of benzene rings is 2. The lowest BCUT2D eigenvalue weighted by Crippen LogP contribution is -2.25. The number of allylic oxidation sites excluding steroid dienone is 6. The van der Waals surface area contributed by atoms with Gasteiger partial charge in [-0.15, -0.1) is 6.42 Å². The average Bonchev–Trinajstić information content (AvgIpc) is 3.18. The van der Waals surface area contributed by atoms with Crippen LogP contribution in [0.1, 0.15) is 63.9 Å². The quantitative estimate of drug-likeness (QED) is 0.184. The summed E-state index contributed by atoms with van der Waals surface area (Å²) >= 11 is 0. The van der Waals surface area contributed by atoms with Crippen molar-refractivity contribution in [2.45, 2.75) is 58.4 Å². The summed E-state index contributed by atoms with van der Waals surface area (Å²) in [6.07, 6.45) is 17.6. The summed E-state index contributed by atoms with van der Waals surface area (Å²) < 4.78 is 25.7. The molecular weight excluding hydrogens is 556 g/mol. The van der Waals surface area contributed by atoms with Crippen LogP contribution in [0.2, 0.25) is 0 Å². The number of anilines is 1. The van der Waals surface area contributed by atoms with Crippen LogP contribution in [0.4, 0.5) is 5.69 Å². The Labute approximate surface area is 256 Å². The summed E-state index contributed by atoms with van der Waals surface area (Å²) in [6, 6.07) is 14.1. The minimum atomic E-state index is -3.59. The zero-order valence-corrected chi connectivity index (χ0v) is 26.5. The smallest absolute Gasteiger partial charge is 0.255 e. The number of ketones is 1. The van der Waals surface area contributed by atoms with Crippen LogP contribution in [0, 0.1) is 17.8 Å². The maximum Gasteiger partial charge on any atom is 0.255 e. The van der Waals surface area contributed by atoms with Crippen LogP contribution >= 0.6 is 0 Å². The highest BCUT2D eigenvalue weighted by Gasteiger charge is 2.22. The third-order valence-corrected chi connectivity index (χ3v) is 8.02. The van der Waals surface area contributed by atoms with Gasteiger partial charge in [-0.05, 0) is 74.7 Å². The molecule has 6 nitrogen and oxygen atoms in total. The van der Waals surface area contributed by atoms with Crippen LogP contribution in [-0.4, -0.2) is 31.4 Å². The van der Waals surface area contributed by atoms with E-state index < -0.39 is 15.3 Å². The van der Waals surface area contributed by atoms with E-state index in [2.05, 4.69) is 16.6 Å². The second-order valence-electron chi connectivity index (χ2n) is 12.4. The summed E-state index contributed by atoms with van der Waals surface area (Å²) in [5.74, 6) is 1.83. The molecule has 1 amide bonds. The Morgan fingerprint density at radius 2 is 1.60 bits per heavy atom. The molecule has 3 rings (SSSR count). The van der Waals surface area contributed by atoms with E-state index in [-0.39, 0.29) is 27.9 Å². The predicted molar refractivity (Wildman–Crippen MR) is 176 cm³/mol. The SMILES string of the molecule is C#C/C=C(\C=C/CS(=O)(=O)c1ccc(NC(C)(C)C)cc1)NC(=O)C1=CC=C(c2ccc(C(=O)C(C)(C)C)cc2)CC=C1. The normalized spacial score (nSPS) is 14.4. The second kappa shape index (κ2) is 13.7. The van der Waals surface area contributed by atoms with Crippen LogP contribution < -0.4 is 10.6 Å². The number of hydrogen-bond acceptors (Lipinski definition) is 5. The van der Waals surface area contributed by atoms with Gasteiger partial charge < -0.3 is 10.6 Å². The number of terminal acetylenes is 1. The van der Waals surface area contributed by atoms with Gasteiger partial charge in [-0.25, -0.2) is 8.42 Å². The van der Waals surface area contributed by atoms with Gasteiger partial charge in [0.25, 0.3) is 5.91 Å². The van der Waals surface area contributed by atoms with E-state index in [1.165, 1.54) is 18.2 Å². The molecule has 0 fully saturated rings. The number of amides is 1. The van der Waals surface area contributed by atoms with Crippen molar-refractivity contribution in [1.29, 1.82) is 0 Å². The lowest BCUT2D eigenvalue weighted by molar-refractivity contribution is -0.116. The molecule has 0 aliphatic heterocycles. The second-order valence-corrected chi connectivity index (χ2v) is 14.4. The van der Waals surface area contributed by atoms with Gasteiger partial charge in [-0.2, -0.15) is 0 Å². The molecule has 1 aliphatic rings. The van der Waals surface area contributed by atoms with Gasteiger partial charge >= 0.3 is 0 Å². The molecule has 1 aliphatic carbocycles. The van der Waals surface area contributed by atoms with Crippen LogP contribution in [0.3, 0.4) is 0 Å². The van der Waals surface area contributed by atoms with Gasteiger partial charge in [0.2, 0.25) is 0 Å². The van der Waals surface area contributed by atoms with Crippen molar-refractivity contribution in [3.63, 3.8) is 0 Å². The number of rotatable bonds is 9. The zero-order valence-electron chi connectivity index (χ0n) is 25.7. The number of sulfone groups is 1. The molecule has 2 N–H and O–H groups in total. The fraction of sp³-hybridized carbons (Fsp3) is 0.278. The monoisotopic (exact) mass is 596 g/mol. The highest BCUT2D eigenvalue weighted by Crippen LogP contribution is 2.26. The Balaban J connectivity index is 1.67. The third-order valence-electron chi connectivity index (χ3n) is 6.40. The summed E-state index contributed by atoms with van der Waals surface area (Å²) in [7, 11) is -3.59. The number of carbonyl (C=O) groups excluding carboxylic acids is 2. The van der Waals surface area contributed by atoms with Gasteiger partial charge in [0, 0.05) is 39.6 Å². The van der Waals surface area contributed by atoms with Crippen LogP contribution in [-0.2, 0) is 14.6 Å². The van der Waals surface area contributed by atoms with Crippen molar-refractivity contribution in [3.05, 3.63) is 113 Å². The Kier molecular flexibility index (Phi) is 10.6. The molecule has 0 atom stereocenters. The zero-order chi connectivity index (χ0) is 31.8. The van der Waals surface area contributed by atoms with Crippen molar-refractivity contribution in [1.82, 2.24) is 5.32 Å². The fourth-order valence-electron chi connectivity index (χ4n) is 4.26. The number of carbonyl (C=O) groups is 2. The number of Topliss-reactive ketones (excluding diaryl/α,β-unsaturated/α-hetero) is 1. The summed E-state index contributed by atoms with van der Waals surface area (Å²) in [5.41, 5.74) is 3.58. The molecular formula is C36H40N2O4S. The first-order chi connectivity index (χ1) is 20.1. The van der Waals surface area contributed by atoms with E-state index in [1.54, 1.807) is 36.4 Å². The van der Waals surface area contributed by atoms with Gasteiger partial charge in [0.15, 0.2) is 15.6 Å². The standard InChI is InChI=1S/C36H40N2O4S/c1-8-11-30(14-10-25-43(41,42)32-23-21-31(22-24-32)38-36(5,6)7)37-34(40)29-13-9-12-26(17-20-29)27-15-18-28(19-16-27)33(39)35(2,3)4/h1,9-11,13-24,38H,12,25H2,2-7H3,(H,37,40)/b14-10-,30-11+. The number of hydrogen-bond donors (Lipinski definition) is 2. The minimum Gasteiger partial charge on any atom is -0.380 e. The largest absolute Gasteiger partial charge is 0.380 e. The van der Waals surface area contributed by atoms with Crippen LogP contribution in [0.25, 0.3) is 5.57 Å². The molecule has 2 aromatic carbocycles. The summed E-state index contributed by atoms with van der Waals surface area (Å²) in [6.45, 7) is 11.8. The lowest BCUT2D eigenvalue weighted by atomic mass is 9.86. The van der Waals surface area contributed by atoms with Crippen molar-refractivity contribution in [2.75, 3.05) is 11.1 Å². The highest BCUT2D eigenvalue weighted by molar-refractivity contribution is 7.91. The Morgan fingerprint density at radius 1 is 0.953 bits per heavy atom. The van der Waals surface area contributed by atoms with E-state index in [9.17, 15) is 18.0 Å². The fourth-order valence-corrected chi connectivity index (χ4v) is 5.35. The van der Waals surface area contributed by atoms with E-state index in [4.69, 9.17) is 6.42 Å². The molecule has 0 unspecified atom stereocenters. The van der Waals surface area contributed by atoms with Crippen molar-refractivity contribution >= 4 is 32.8 Å². The van der Waals surface area contributed by atoms with Gasteiger partial charge in [0.1, 0.15) is 0 Å². The Morgan fingerprint density at radius 3 is 2.19 bits per heavy atom. The summed E-state index contributed by atoms with van der Waals surface area (Å²) in [4.78, 5) is 25.8. The first kappa shape index (κ1) is 33.1. The van der Waals surface area contributed by atoms with Crippen molar-refractivity contribution in [3.8, 4) is 12.3 Å². The molecule has 0 bridgehead atoms. The molecule has 0 aromatic heterocycles. The van der Waals surface area contributed by atoms with Crippen LogP contribution in [0.15, 0.2) is 107 Å². The molecule has 0 radical (unpaired) electrons. The third kappa shape index (κ3) is 9.83. The Hall–Kier alpha value is -4.41. The van der Waals surface area contributed by atoms with Crippen LogP contribution in [0.5, 0.6) is 0 Å². The molecule has 7 heteroatoms. The molecule has 0 heterocycles. The highest BCUT2D eigenvalue weighted by atomic mass is 32.2. The maximum absolute atomic E-state index is 13.0. The van der Waals surface area contributed by atoms with E-state index in [0.29, 0.717) is 23.3 Å². The van der Waals surface area contributed by atoms with Crippen molar-refractivity contribution < 1.29 is 18.0 Å². The molecule has 2 aromatic rings. The van der Waals surface area contributed by atoms with E-state index in [0.717, 1.165) is 16.8 Å². The molecule has 43 heavy (non-hydrogen) atoms. The average molecular weight is 597 g/mol. The molecule has 0 saturated carbocycles. The first-order valence-corrected chi connectivity index (χ1v) is 15.7. The van der Waals surface area contributed by atoms with Crippen molar-refractivity contribution in [2.24, 2.45) is 5.41 Å². The van der Waals surface area contributed by atoms with Gasteiger partial charge in [-0.1, -0.05) is 75.3 Å². The summed E-state index contributed by atoms with van der Waals surface area (Å²) in [5, 5.41) is 6.07. The van der Waals surface area contributed by atoms with Gasteiger partial charge in [-0.3, -0.25) is 9.59 Å². The van der Waals surface area contributed by atoms with Gasteiger partial charge in [0.05, 0.1) is 10.6 Å². The number of nitrogens with one attached hydrogen (secondary N) is 2. The van der Waals surface area contributed by atoms with E-state index in [1.807, 2.05) is 78.0 Å². The first-order valence-electron chi connectivity index (χ1n) is 14.1. The molecule has 0 spiro atoms. The minimum absolute atomic E-state index is 0.0814. The Bertz CT molecular complexity index is 1650. The lowest BCUT2D eigenvalue weighted by Gasteiger charge is -2.22. The molecule has 0 saturated heterocycles. The molecule has 224 valence electrons. The predicted octanol–water partition coefficient (Wildman–Crippen LogP) is 7.06.